The van der Waals surface area contributed by atoms with Crippen LogP contribution in [0.5, 0.6) is 0 Å². The van der Waals surface area contributed by atoms with Gasteiger partial charge in [-0.15, -0.1) is 0 Å². The minimum Gasteiger partial charge on any atom is -0.394 e. The lowest BCUT2D eigenvalue weighted by Gasteiger charge is -2.13. The summed E-state index contributed by atoms with van der Waals surface area (Å²) in [7, 11) is 1.55. The molecule has 0 bridgehead atoms. The molecule has 0 aliphatic rings. The second kappa shape index (κ2) is 7.06. The minimum atomic E-state index is -0.116. The van der Waals surface area contributed by atoms with Crippen LogP contribution >= 0.6 is 0 Å². The van der Waals surface area contributed by atoms with Gasteiger partial charge in [-0.1, -0.05) is 6.92 Å². The molecule has 0 aromatic heterocycles. The topological polar surface area (TPSA) is 58.6 Å². The Morgan fingerprint density at radius 3 is 2.75 bits per heavy atom. The SMILES string of the molecule is CC[C@H](CO)NC(=O)CCOC. The number of rotatable bonds is 6. The smallest absolute Gasteiger partial charge is 0.222 e. The zero-order valence-corrected chi connectivity index (χ0v) is 7.67. The van der Waals surface area contributed by atoms with E-state index in [9.17, 15) is 4.79 Å². The highest BCUT2D eigenvalue weighted by molar-refractivity contribution is 5.76. The number of ether oxygens (including phenoxy) is 1. The Morgan fingerprint density at radius 2 is 2.33 bits per heavy atom. The number of amides is 1. The van der Waals surface area contributed by atoms with Gasteiger partial charge in [0.25, 0.3) is 0 Å². The average molecular weight is 175 g/mol. The molecule has 72 valence electrons. The summed E-state index contributed by atoms with van der Waals surface area (Å²) >= 11 is 0. The first-order valence-corrected chi connectivity index (χ1v) is 4.13. The summed E-state index contributed by atoms with van der Waals surface area (Å²) in [6, 6.07) is -0.116. The third kappa shape index (κ3) is 5.09. The van der Waals surface area contributed by atoms with Crippen LogP contribution in [0.2, 0.25) is 0 Å². The molecule has 0 aromatic rings. The quantitative estimate of drug-likeness (QED) is 0.593. The molecule has 0 saturated carbocycles. The maximum atomic E-state index is 11.0. The van der Waals surface area contributed by atoms with Crippen LogP contribution in [0.4, 0.5) is 0 Å². The van der Waals surface area contributed by atoms with Crippen LogP contribution in [0.1, 0.15) is 19.8 Å². The van der Waals surface area contributed by atoms with Gasteiger partial charge in [-0.05, 0) is 6.42 Å². The molecule has 0 heterocycles. The van der Waals surface area contributed by atoms with Gasteiger partial charge in [-0.2, -0.15) is 0 Å². The standard InChI is InChI=1S/C8H17NO3/c1-3-7(6-10)9-8(11)4-5-12-2/h7,10H,3-6H2,1-2H3,(H,9,11)/t7-/m1/s1. The Hall–Kier alpha value is -0.610. The van der Waals surface area contributed by atoms with Crippen LogP contribution in [0, 0.1) is 0 Å². The molecular weight excluding hydrogens is 158 g/mol. The first-order valence-electron chi connectivity index (χ1n) is 4.13. The first-order chi connectivity index (χ1) is 5.74. The fourth-order valence-corrected chi connectivity index (χ4v) is 0.771. The van der Waals surface area contributed by atoms with Gasteiger partial charge in [0, 0.05) is 13.5 Å². The van der Waals surface area contributed by atoms with Crippen molar-refractivity contribution in [3.05, 3.63) is 0 Å². The molecule has 0 unspecified atom stereocenters. The summed E-state index contributed by atoms with van der Waals surface area (Å²) in [6.45, 7) is 2.33. The van der Waals surface area contributed by atoms with Gasteiger partial charge in [0.1, 0.15) is 0 Å². The van der Waals surface area contributed by atoms with Crippen molar-refractivity contribution < 1.29 is 14.6 Å². The van der Waals surface area contributed by atoms with Gasteiger partial charge in [-0.25, -0.2) is 0 Å². The zero-order valence-electron chi connectivity index (χ0n) is 7.67. The number of methoxy groups -OCH3 is 1. The summed E-state index contributed by atoms with van der Waals surface area (Å²) in [4.78, 5) is 11.0. The van der Waals surface area contributed by atoms with Crippen LogP contribution in [0.15, 0.2) is 0 Å². The average Bonchev–Trinajstić information content (AvgIpc) is 2.10. The Balaban J connectivity index is 3.52. The number of carbonyl (C=O) groups is 1. The molecule has 0 aliphatic heterocycles. The van der Waals surface area contributed by atoms with Crippen LogP contribution in [0.3, 0.4) is 0 Å². The van der Waals surface area contributed by atoms with Crippen molar-refractivity contribution in [1.29, 1.82) is 0 Å². The molecule has 0 radical (unpaired) electrons. The lowest BCUT2D eigenvalue weighted by Crippen LogP contribution is -2.37. The van der Waals surface area contributed by atoms with E-state index in [1.165, 1.54) is 0 Å². The lowest BCUT2D eigenvalue weighted by molar-refractivity contribution is -0.123. The Kier molecular flexibility index (Phi) is 6.70. The van der Waals surface area contributed by atoms with E-state index in [1.54, 1.807) is 7.11 Å². The first kappa shape index (κ1) is 11.4. The van der Waals surface area contributed by atoms with E-state index < -0.39 is 0 Å². The Morgan fingerprint density at radius 1 is 1.67 bits per heavy atom. The predicted octanol–water partition coefficient (Wildman–Crippen LogP) is -0.0900. The third-order valence-electron chi connectivity index (χ3n) is 1.61. The van der Waals surface area contributed by atoms with E-state index >= 15 is 0 Å². The molecular formula is C8H17NO3. The van der Waals surface area contributed by atoms with Crippen LogP contribution < -0.4 is 5.32 Å². The van der Waals surface area contributed by atoms with E-state index in [1.807, 2.05) is 6.92 Å². The van der Waals surface area contributed by atoms with Gasteiger partial charge in [0.2, 0.25) is 5.91 Å². The van der Waals surface area contributed by atoms with Gasteiger partial charge in [0.15, 0.2) is 0 Å². The second-order valence-corrected chi connectivity index (χ2v) is 2.60. The lowest BCUT2D eigenvalue weighted by atomic mass is 10.2. The number of aliphatic hydroxyl groups excluding tert-OH is 1. The summed E-state index contributed by atoms with van der Waals surface area (Å²) in [5, 5.41) is 11.4. The fraction of sp³-hybridized carbons (Fsp3) is 0.875. The number of aliphatic hydroxyl groups is 1. The van der Waals surface area contributed by atoms with Crippen molar-refractivity contribution in [2.45, 2.75) is 25.8 Å². The highest BCUT2D eigenvalue weighted by Gasteiger charge is 2.07. The van der Waals surface area contributed by atoms with Gasteiger partial charge < -0.3 is 15.2 Å². The van der Waals surface area contributed by atoms with Crippen molar-refractivity contribution in [2.75, 3.05) is 20.3 Å². The van der Waals surface area contributed by atoms with E-state index in [0.717, 1.165) is 6.42 Å². The molecule has 0 rings (SSSR count). The molecule has 4 heteroatoms. The van der Waals surface area contributed by atoms with Crippen molar-refractivity contribution in [3.8, 4) is 0 Å². The highest BCUT2D eigenvalue weighted by Crippen LogP contribution is 1.90. The predicted molar refractivity (Wildman–Crippen MR) is 45.8 cm³/mol. The molecule has 12 heavy (non-hydrogen) atoms. The molecule has 0 aliphatic carbocycles. The van der Waals surface area contributed by atoms with Crippen molar-refractivity contribution in [2.24, 2.45) is 0 Å². The number of hydrogen-bond donors (Lipinski definition) is 2. The van der Waals surface area contributed by atoms with Crippen LogP contribution in [0.25, 0.3) is 0 Å². The number of carbonyl (C=O) groups excluding carboxylic acids is 1. The fourth-order valence-electron chi connectivity index (χ4n) is 0.771. The van der Waals surface area contributed by atoms with E-state index in [4.69, 9.17) is 9.84 Å². The summed E-state index contributed by atoms with van der Waals surface area (Å²) in [5.41, 5.74) is 0. The van der Waals surface area contributed by atoms with Gasteiger partial charge >= 0.3 is 0 Å². The van der Waals surface area contributed by atoms with Crippen molar-refractivity contribution in [1.82, 2.24) is 5.32 Å². The molecule has 1 amide bonds. The Bertz CT molecular complexity index is 123. The second-order valence-electron chi connectivity index (χ2n) is 2.60. The van der Waals surface area contributed by atoms with Crippen molar-refractivity contribution >= 4 is 5.91 Å². The molecule has 2 N–H and O–H groups in total. The molecule has 0 saturated heterocycles. The molecule has 4 nitrogen and oxygen atoms in total. The molecule has 0 fully saturated rings. The number of nitrogens with one attached hydrogen (secondary N) is 1. The Labute approximate surface area is 72.9 Å². The van der Waals surface area contributed by atoms with E-state index in [-0.39, 0.29) is 18.6 Å². The highest BCUT2D eigenvalue weighted by atomic mass is 16.5. The zero-order chi connectivity index (χ0) is 9.40. The maximum absolute atomic E-state index is 11.0. The molecule has 0 aromatic carbocycles. The monoisotopic (exact) mass is 175 g/mol. The largest absolute Gasteiger partial charge is 0.394 e. The van der Waals surface area contributed by atoms with Gasteiger partial charge in [-0.3, -0.25) is 4.79 Å². The van der Waals surface area contributed by atoms with Gasteiger partial charge in [0.05, 0.1) is 19.3 Å². The van der Waals surface area contributed by atoms with E-state index in [0.29, 0.717) is 13.0 Å². The molecule has 1 atom stereocenters. The third-order valence-corrected chi connectivity index (χ3v) is 1.61. The number of hydrogen-bond acceptors (Lipinski definition) is 3. The minimum absolute atomic E-state index is 0.00474. The summed E-state index contributed by atoms with van der Waals surface area (Å²) in [6.07, 6.45) is 1.10. The van der Waals surface area contributed by atoms with Crippen LogP contribution in [-0.4, -0.2) is 37.4 Å². The van der Waals surface area contributed by atoms with Crippen molar-refractivity contribution in [3.63, 3.8) is 0 Å². The van der Waals surface area contributed by atoms with E-state index in [2.05, 4.69) is 5.32 Å². The maximum Gasteiger partial charge on any atom is 0.222 e. The summed E-state index contributed by atoms with van der Waals surface area (Å²) in [5.74, 6) is -0.0715. The van der Waals surface area contributed by atoms with Crippen LogP contribution in [-0.2, 0) is 9.53 Å². The molecule has 0 spiro atoms. The normalized spacial score (nSPS) is 12.6. The summed E-state index contributed by atoms with van der Waals surface area (Å²) < 4.78 is 4.74.